The van der Waals surface area contributed by atoms with Crippen molar-refractivity contribution < 1.29 is 4.52 Å². The summed E-state index contributed by atoms with van der Waals surface area (Å²) in [5.74, 6) is 0.733. The van der Waals surface area contributed by atoms with Gasteiger partial charge in [0, 0.05) is 12.5 Å². The molecule has 0 amide bonds. The molecule has 2 aromatic rings. The maximum absolute atomic E-state index is 5.14. The fourth-order valence-electron chi connectivity index (χ4n) is 1.68. The highest BCUT2D eigenvalue weighted by molar-refractivity contribution is 5.27. The van der Waals surface area contributed by atoms with Crippen molar-refractivity contribution in [3.05, 3.63) is 41.2 Å². The van der Waals surface area contributed by atoms with Gasteiger partial charge in [-0.3, -0.25) is 0 Å². The molecule has 0 radical (unpaired) electrons. The van der Waals surface area contributed by atoms with E-state index in [4.69, 9.17) is 4.52 Å². The molecular weight excluding hydrogens is 214 g/mol. The van der Waals surface area contributed by atoms with Gasteiger partial charge in [0.25, 0.3) is 0 Å². The standard InChI is InChI=1S/C13H15N3O/c1-9-2-4-10(5-3-9)8-12-15-13(17-16-12)14-11-6-7-11/h2-5,11H,6-8H2,1H3,(H,14,15,16). The van der Waals surface area contributed by atoms with Crippen molar-refractivity contribution in [3.63, 3.8) is 0 Å². The number of hydrogen-bond donors (Lipinski definition) is 1. The predicted octanol–water partition coefficient (Wildman–Crippen LogP) is 2.54. The van der Waals surface area contributed by atoms with Gasteiger partial charge in [0.15, 0.2) is 5.82 Å². The van der Waals surface area contributed by atoms with E-state index in [1.807, 2.05) is 0 Å². The van der Waals surface area contributed by atoms with Gasteiger partial charge in [-0.1, -0.05) is 35.0 Å². The minimum Gasteiger partial charge on any atom is -0.335 e. The van der Waals surface area contributed by atoms with Crippen LogP contribution in [0.4, 0.5) is 6.01 Å². The number of anilines is 1. The van der Waals surface area contributed by atoms with Gasteiger partial charge in [-0.05, 0) is 25.3 Å². The molecule has 1 heterocycles. The molecule has 1 N–H and O–H groups in total. The van der Waals surface area contributed by atoms with Crippen molar-refractivity contribution in [2.75, 3.05) is 5.32 Å². The van der Waals surface area contributed by atoms with E-state index >= 15 is 0 Å². The fourth-order valence-corrected chi connectivity index (χ4v) is 1.68. The molecule has 3 rings (SSSR count). The highest BCUT2D eigenvalue weighted by Crippen LogP contribution is 2.23. The van der Waals surface area contributed by atoms with Gasteiger partial charge in [-0.15, -0.1) is 0 Å². The smallest absolute Gasteiger partial charge is 0.321 e. The Balaban J connectivity index is 1.67. The lowest BCUT2D eigenvalue weighted by atomic mass is 10.1. The Kier molecular flexibility index (Phi) is 2.55. The molecule has 0 saturated heterocycles. The number of hydrogen-bond acceptors (Lipinski definition) is 4. The predicted molar refractivity (Wildman–Crippen MR) is 64.9 cm³/mol. The average Bonchev–Trinajstić information content (AvgIpc) is 3.02. The Morgan fingerprint density at radius 3 is 2.76 bits per heavy atom. The fraction of sp³-hybridized carbons (Fsp3) is 0.385. The molecule has 17 heavy (non-hydrogen) atoms. The van der Waals surface area contributed by atoms with Gasteiger partial charge < -0.3 is 9.84 Å². The third-order valence-electron chi connectivity index (χ3n) is 2.86. The summed E-state index contributed by atoms with van der Waals surface area (Å²) in [5, 5.41) is 7.16. The quantitative estimate of drug-likeness (QED) is 0.875. The summed E-state index contributed by atoms with van der Waals surface area (Å²) in [5.41, 5.74) is 2.47. The molecule has 0 unspecified atom stereocenters. The molecular formula is C13H15N3O. The second-order valence-electron chi connectivity index (χ2n) is 4.60. The minimum absolute atomic E-state index is 0.544. The van der Waals surface area contributed by atoms with Gasteiger partial charge in [-0.2, -0.15) is 4.98 Å². The lowest BCUT2D eigenvalue weighted by Crippen LogP contribution is -2.00. The maximum Gasteiger partial charge on any atom is 0.321 e. The first-order valence-electron chi connectivity index (χ1n) is 5.94. The zero-order chi connectivity index (χ0) is 11.7. The van der Waals surface area contributed by atoms with Crippen LogP contribution in [0, 0.1) is 6.92 Å². The molecule has 4 nitrogen and oxygen atoms in total. The number of aromatic nitrogens is 2. The second-order valence-corrected chi connectivity index (χ2v) is 4.60. The van der Waals surface area contributed by atoms with Crippen molar-refractivity contribution in [3.8, 4) is 0 Å². The lowest BCUT2D eigenvalue weighted by Gasteiger charge is -1.97. The van der Waals surface area contributed by atoms with Gasteiger partial charge >= 0.3 is 6.01 Å². The van der Waals surface area contributed by atoms with Crippen LogP contribution >= 0.6 is 0 Å². The monoisotopic (exact) mass is 229 g/mol. The van der Waals surface area contributed by atoms with Crippen molar-refractivity contribution in [1.29, 1.82) is 0 Å². The van der Waals surface area contributed by atoms with Crippen LogP contribution < -0.4 is 5.32 Å². The second kappa shape index (κ2) is 4.20. The number of nitrogens with one attached hydrogen (secondary N) is 1. The van der Waals surface area contributed by atoms with E-state index < -0.39 is 0 Å². The van der Waals surface area contributed by atoms with Crippen LogP contribution in [0.25, 0.3) is 0 Å². The molecule has 0 atom stereocenters. The molecule has 0 bridgehead atoms. The van der Waals surface area contributed by atoms with E-state index in [0.717, 1.165) is 12.2 Å². The lowest BCUT2D eigenvalue weighted by molar-refractivity contribution is 0.423. The van der Waals surface area contributed by atoms with Crippen LogP contribution in [-0.2, 0) is 6.42 Å². The summed E-state index contributed by atoms with van der Waals surface area (Å²) in [6.07, 6.45) is 3.13. The summed E-state index contributed by atoms with van der Waals surface area (Å²) in [6, 6.07) is 9.48. The Morgan fingerprint density at radius 2 is 2.06 bits per heavy atom. The Labute approximate surface area is 100 Å². The molecule has 1 aliphatic carbocycles. The first kappa shape index (κ1) is 10.3. The molecule has 1 fully saturated rings. The summed E-state index contributed by atoms with van der Waals surface area (Å²) >= 11 is 0. The maximum atomic E-state index is 5.14. The van der Waals surface area contributed by atoms with E-state index in [1.54, 1.807) is 0 Å². The average molecular weight is 229 g/mol. The van der Waals surface area contributed by atoms with Crippen LogP contribution in [0.5, 0.6) is 0 Å². The van der Waals surface area contributed by atoms with Gasteiger partial charge in [0.2, 0.25) is 0 Å². The number of aryl methyl sites for hydroxylation is 1. The molecule has 1 aromatic carbocycles. The van der Waals surface area contributed by atoms with Crippen LogP contribution in [0.2, 0.25) is 0 Å². The molecule has 4 heteroatoms. The molecule has 88 valence electrons. The molecule has 0 aliphatic heterocycles. The summed E-state index contributed by atoms with van der Waals surface area (Å²) in [6.45, 7) is 2.08. The molecule has 1 saturated carbocycles. The first-order chi connectivity index (χ1) is 8.29. The SMILES string of the molecule is Cc1ccc(Cc2noc(NC3CC3)n2)cc1. The highest BCUT2D eigenvalue weighted by Gasteiger charge is 2.23. The summed E-state index contributed by atoms with van der Waals surface area (Å²) in [4.78, 5) is 4.32. The van der Waals surface area contributed by atoms with Crippen LogP contribution in [0.1, 0.15) is 29.8 Å². The van der Waals surface area contributed by atoms with Gasteiger partial charge in [0.1, 0.15) is 0 Å². The summed E-state index contributed by atoms with van der Waals surface area (Å²) in [7, 11) is 0. The van der Waals surface area contributed by atoms with Crippen molar-refractivity contribution in [2.24, 2.45) is 0 Å². The van der Waals surface area contributed by atoms with Crippen molar-refractivity contribution in [2.45, 2.75) is 32.2 Å². The van der Waals surface area contributed by atoms with Gasteiger partial charge in [-0.25, -0.2) is 0 Å². The zero-order valence-corrected chi connectivity index (χ0v) is 9.81. The third-order valence-corrected chi connectivity index (χ3v) is 2.86. The Bertz CT molecular complexity index is 500. The first-order valence-corrected chi connectivity index (χ1v) is 5.94. The highest BCUT2D eigenvalue weighted by atomic mass is 16.5. The normalized spacial score (nSPS) is 14.9. The van der Waals surface area contributed by atoms with Crippen molar-refractivity contribution in [1.82, 2.24) is 10.1 Å². The van der Waals surface area contributed by atoms with Crippen molar-refractivity contribution >= 4 is 6.01 Å². The van der Waals surface area contributed by atoms with Crippen LogP contribution in [0.3, 0.4) is 0 Å². The summed E-state index contributed by atoms with van der Waals surface area (Å²) < 4.78 is 5.14. The zero-order valence-electron chi connectivity index (χ0n) is 9.81. The largest absolute Gasteiger partial charge is 0.335 e. The number of benzene rings is 1. The molecule has 1 aromatic heterocycles. The Morgan fingerprint density at radius 1 is 1.29 bits per heavy atom. The van der Waals surface area contributed by atoms with E-state index in [9.17, 15) is 0 Å². The van der Waals surface area contributed by atoms with Crippen LogP contribution in [0.15, 0.2) is 28.8 Å². The third kappa shape index (κ3) is 2.64. The van der Waals surface area contributed by atoms with E-state index in [0.29, 0.717) is 12.1 Å². The van der Waals surface area contributed by atoms with E-state index in [1.165, 1.54) is 24.0 Å². The van der Waals surface area contributed by atoms with Crippen LogP contribution in [-0.4, -0.2) is 16.2 Å². The number of nitrogens with zero attached hydrogens (tertiary/aromatic N) is 2. The topological polar surface area (TPSA) is 51.0 Å². The van der Waals surface area contributed by atoms with E-state index in [2.05, 4.69) is 46.6 Å². The Hall–Kier alpha value is -1.84. The van der Waals surface area contributed by atoms with E-state index in [-0.39, 0.29) is 0 Å². The van der Waals surface area contributed by atoms with Gasteiger partial charge in [0.05, 0.1) is 0 Å². The number of rotatable bonds is 4. The molecule has 1 aliphatic rings. The molecule has 0 spiro atoms. The minimum atomic E-state index is 0.544.